The highest BCUT2D eigenvalue weighted by Gasteiger charge is 2.41. The number of hydrogen-bond acceptors (Lipinski definition) is 5. The highest BCUT2D eigenvalue weighted by atomic mass is 35.5. The summed E-state index contributed by atoms with van der Waals surface area (Å²) in [5.41, 5.74) is 1.92. The molecule has 4 rings (SSSR count). The summed E-state index contributed by atoms with van der Waals surface area (Å²) in [6.45, 7) is -0.211. The van der Waals surface area contributed by atoms with Crippen LogP contribution >= 0.6 is 35.6 Å². The van der Waals surface area contributed by atoms with Crippen LogP contribution in [0.15, 0.2) is 53.4 Å². The monoisotopic (exact) mass is 443 g/mol. The third kappa shape index (κ3) is 3.43. The molecule has 2 aliphatic heterocycles. The number of carbonyl (C=O) groups is 3. The Kier molecular flexibility index (Phi) is 5.16. The Labute approximate surface area is 181 Å². The van der Waals surface area contributed by atoms with Gasteiger partial charge >= 0.3 is 0 Å². The number of amides is 3. The zero-order valence-corrected chi connectivity index (χ0v) is 17.5. The topological polar surface area (TPSA) is 69.7 Å². The number of fused-ring (bicyclic) bond motifs is 1. The molecule has 29 heavy (non-hydrogen) atoms. The molecule has 146 valence electrons. The Morgan fingerprint density at radius 1 is 1.10 bits per heavy atom. The van der Waals surface area contributed by atoms with Crippen molar-refractivity contribution in [2.24, 2.45) is 0 Å². The van der Waals surface area contributed by atoms with Crippen molar-refractivity contribution in [1.29, 1.82) is 0 Å². The molecule has 2 aromatic carbocycles. The van der Waals surface area contributed by atoms with Crippen LogP contribution in [0.1, 0.15) is 5.56 Å². The molecule has 2 aromatic rings. The zero-order valence-electron chi connectivity index (χ0n) is 15.1. The Bertz CT molecular complexity index is 1120. The number of nitrogens with zero attached hydrogens (tertiary/aromatic N) is 2. The maximum atomic E-state index is 13.2. The molecular formula is C20H14ClN3O3S2. The summed E-state index contributed by atoms with van der Waals surface area (Å²) < 4.78 is 0.387. The lowest BCUT2D eigenvalue weighted by Gasteiger charge is -2.17. The predicted octanol–water partition coefficient (Wildman–Crippen LogP) is 3.53. The molecule has 0 aromatic heterocycles. The minimum atomic E-state index is -0.408. The van der Waals surface area contributed by atoms with Crippen molar-refractivity contribution in [1.82, 2.24) is 4.90 Å². The summed E-state index contributed by atoms with van der Waals surface area (Å²) in [7, 11) is 1.57. The van der Waals surface area contributed by atoms with Crippen molar-refractivity contribution in [3.63, 3.8) is 0 Å². The molecule has 3 amide bonds. The van der Waals surface area contributed by atoms with Crippen LogP contribution in [0.25, 0.3) is 5.57 Å². The number of para-hydroxylation sites is 2. The molecule has 0 spiro atoms. The fourth-order valence-corrected chi connectivity index (χ4v) is 4.58. The molecule has 1 fully saturated rings. The van der Waals surface area contributed by atoms with Gasteiger partial charge in [0, 0.05) is 12.6 Å². The van der Waals surface area contributed by atoms with E-state index in [1.54, 1.807) is 55.6 Å². The third-order valence-electron chi connectivity index (χ3n) is 4.56. The van der Waals surface area contributed by atoms with Crippen molar-refractivity contribution < 1.29 is 14.4 Å². The van der Waals surface area contributed by atoms with Crippen LogP contribution in [0.2, 0.25) is 5.02 Å². The second kappa shape index (κ2) is 7.62. The third-order valence-corrected chi connectivity index (χ3v) is 6.45. The maximum Gasteiger partial charge on any atom is 0.266 e. The first kappa shape index (κ1) is 19.6. The Morgan fingerprint density at radius 2 is 1.79 bits per heavy atom. The minimum Gasteiger partial charge on any atom is -0.323 e. The smallest absolute Gasteiger partial charge is 0.266 e. The number of hydrogen-bond donors (Lipinski definition) is 1. The van der Waals surface area contributed by atoms with E-state index in [0.29, 0.717) is 26.3 Å². The van der Waals surface area contributed by atoms with E-state index in [1.807, 2.05) is 0 Å². The molecule has 2 aliphatic rings. The number of thioether (sulfide) groups is 1. The first-order valence-electron chi connectivity index (χ1n) is 8.58. The van der Waals surface area contributed by atoms with Gasteiger partial charge in [0.2, 0.25) is 5.91 Å². The summed E-state index contributed by atoms with van der Waals surface area (Å²) in [5.74, 6) is -1.12. The van der Waals surface area contributed by atoms with Gasteiger partial charge in [0.15, 0.2) is 0 Å². The van der Waals surface area contributed by atoms with Gasteiger partial charge in [0.25, 0.3) is 11.8 Å². The van der Waals surface area contributed by atoms with E-state index in [1.165, 1.54) is 9.80 Å². The summed E-state index contributed by atoms with van der Waals surface area (Å²) in [4.78, 5) is 41.3. The standard InChI is InChI=1S/C20H14ClN3O3S2/c1-23-19(27)17(29-20(23)28)16-11-6-2-5-9-14(11)24(18(16)26)10-15(25)22-13-8-4-3-7-12(13)21/h2-9H,10H2,1H3,(H,22,25)/b17-16-. The average molecular weight is 444 g/mol. The Balaban J connectivity index is 1.67. The van der Waals surface area contributed by atoms with Crippen LogP contribution < -0.4 is 10.2 Å². The molecule has 0 saturated carbocycles. The van der Waals surface area contributed by atoms with Crippen LogP contribution in [-0.4, -0.2) is 40.5 Å². The zero-order chi connectivity index (χ0) is 20.7. The minimum absolute atomic E-state index is 0.211. The largest absolute Gasteiger partial charge is 0.323 e. The first-order chi connectivity index (χ1) is 13.9. The van der Waals surface area contributed by atoms with Crippen molar-refractivity contribution in [2.45, 2.75) is 0 Å². The summed E-state index contributed by atoms with van der Waals surface area (Å²) >= 11 is 12.4. The van der Waals surface area contributed by atoms with Gasteiger partial charge in [-0.3, -0.25) is 24.2 Å². The second-order valence-electron chi connectivity index (χ2n) is 6.37. The van der Waals surface area contributed by atoms with Crippen molar-refractivity contribution in [2.75, 3.05) is 23.8 Å². The molecule has 0 radical (unpaired) electrons. The summed E-state index contributed by atoms with van der Waals surface area (Å²) in [5, 5.41) is 3.12. The van der Waals surface area contributed by atoms with Crippen molar-refractivity contribution >= 4 is 74.6 Å². The lowest BCUT2D eigenvalue weighted by molar-refractivity contribution is -0.121. The fourth-order valence-electron chi connectivity index (χ4n) is 3.14. The van der Waals surface area contributed by atoms with Gasteiger partial charge in [-0.1, -0.05) is 65.9 Å². The van der Waals surface area contributed by atoms with Gasteiger partial charge in [-0.2, -0.15) is 0 Å². The van der Waals surface area contributed by atoms with E-state index in [0.717, 1.165) is 11.8 Å². The van der Waals surface area contributed by atoms with Crippen LogP contribution in [0.3, 0.4) is 0 Å². The van der Waals surface area contributed by atoms with E-state index in [-0.39, 0.29) is 22.9 Å². The van der Waals surface area contributed by atoms with Gasteiger partial charge in [-0.15, -0.1) is 0 Å². The van der Waals surface area contributed by atoms with Crippen LogP contribution in [0.4, 0.5) is 11.4 Å². The number of benzene rings is 2. The highest BCUT2D eigenvalue weighted by molar-refractivity contribution is 8.26. The molecule has 0 atom stereocenters. The van der Waals surface area contributed by atoms with Gasteiger partial charge in [0.1, 0.15) is 10.9 Å². The van der Waals surface area contributed by atoms with Gasteiger partial charge in [-0.25, -0.2) is 0 Å². The van der Waals surface area contributed by atoms with Crippen LogP contribution in [0.5, 0.6) is 0 Å². The summed E-state index contributed by atoms with van der Waals surface area (Å²) in [6.07, 6.45) is 0. The maximum absolute atomic E-state index is 13.2. The van der Waals surface area contributed by atoms with E-state index in [2.05, 4.69) is 5.32 Å². The SMILES string of the molecule is CN1C(=O)/C(=C2/C(=O)N(CC(=O)Nc3ccccc3Cl)c3ccccc32)SC1=S. The van der Waals surface area contributed by atoms with Crippen LogP contribution in [-0.2, 0) is 14.4 Å². The molecule has 0 aliphatic carbocycles. The molecule has 1 N–H and O–H groups in total. The van der Waals surface area contributed by atoms with Gasteiger partial charge < -0.3 is 5.32 Å². The van der Waals surface area contributed by atoms with Crippen molar-refractivity contribution in [3.8, 4) is 0 Å². The lowest BCUT2D eigenvalue weighted by atomic mass is 10.1. The van der Waals surface area contributed by atoms with Gasteiger partial charge in [-0.05, 0) is 18.2 Å². The quantitative estimate of drug-likeness (QED) is 0.580. The van der Waals surface area contributed by atoms with Crippen LogP contribution in [0, 0.1) is 0 Å². The highest BCUT2D eigenvalue weighted by Crippen LogP contribution is 2.44. The molecule has 0 bridgehead atoms. The number of rotatable bonds is 3. The van der Waals surface area contributed by atoms with Crippen molar-refractivity contribution in [3.05, 3.63) is 64.0 Å². The molecule has 6 nitrogen and oxygen atoms in total. The van der Waals surface area contributed by atoms with E-state index in [9.17, 15) is 14.4 Å². The number of nitrogens with one attached hydrogen (secondary N) is 1. The first-order valence-corrected chi connectivity index (χ1v) is 10.2. The predicted molar refractivity (Wildman–Crippen MR) is 119 cm³/mol. The van der Waals surface area contributed by atoms with E-state index >= 15 is 0 Å². The van der Waals surface area contributed by atoms with Gasteiger partial charge in [0.05, 0.1) is 26.9 Å². The number of carbonyl (C=O) groups excluding carboxylic acids is 3. The molecule has 0 unspecified atom stereocenters. The molecule has 2 heterocycles. The Morgan fingerprint density at radius 3 is 2.48 bits per heavy atom. The number of anilines is 2. The molecule has 1 saturated heterocycles. The van der Waals surface area contributed by atoms with E-state index in [4.69, 9.17) is 23.8 Å². The number of halogens is 1. The lowest BCUT2D eigenvalue weighted by Crippen LogP contribution is -2.35. The summed E-state index contributed by atoms with van der Waals surface area (Å²) in [6, 6.07) is 13.9. The number of likely N-dealkylation sites (N-methyl/N-ethyl adjacent to an activating group) is 1. The normalized spacial score (nSPS) is 18.5. The number of thiocarbonyl (C=S) groups is 1. The fraction of sp³-hybridized carbons (Fsp3) is 0.100. The molecule has 9 heteroatoms. The Hall–Kier alpha value is -2.68. The van der Waals surface area contributed by atoms with E-state index < -0.39 is 11.8 Å². The second-order valence-corrected chi connectivity index (χ2v) is 8.42. The molecular weight excluding hydrogens is 430 g/mol. The average Bonchev–Trinajstić information content (AvgIpc) is 3.11.